The zero-order chi connectivity index (χ0) is 16.4. The van der Waals surface area contributed by atoms with Crippen molar-refractivity contribution in [2.45, 2.75) is 13.5 Å². The van der Waals surface area contributed by atoms with Crippen molar-refractivity contribution in [3.63, 3.8) is 0 Å². The highest BCUT2D eigenvalue weighted by molar-refractivity contribution is 7.07. The third-order valence-electron chi connectivity index (χ3n) is 3.62. The van der Waals surface area contributed by atoms with Gasteiger partial charge in [0.1, 0.15) is 5.82 Å². The molecule has 2 heterocycles. The number of aryl methyl sites for hydroxylation is 1. The van der Waals surface area contributed by atoms with Crippen LogP contribution in [0.3, 0.4) is 0 Å². The van der Waals surface area contributed by atoms with Crippen molar-refractivity contribution < 1.29 is 9.18 Å². The molecular weight excluding hydrogens is 315 g/mol. The number of hydrogen-bond donors (Lipinski definition) is 0. The normalized spacial score (nSPS) is 11.9. The lowest BCUT2D eigenvalue weighted by atomic mass is 10.2. The summed E-state index contributed by atoms with van der Waals surface area (Å²) >= 11 is 1.34. The first-order chi connectivity index (χ1) is 11.1. The van der Waals surface area contributed by atoms with Crippen molar-refractivity contribution in [3.05, 3.63) is 69.5 Å². The van der Waals surface area contributed by atoms with E-state index in [9.17, 15) is 9.18 Å². The monoisotopic (exact) mass is 330 g/mol. The van der Waals surface area contributed by atoms with Gasteiger partial charge in [0.2, 0.25) is 0 Å². The molecule has 0 bridgehead atoms. The van der Waals surface area contributed by atoms with Crippen molar-refractivity contribution >= 4 is 17.2 Å². The minimum absolute atomic E-state index is 0.272. The number of carbonyl (C=O) groups is 1. The topological polar surface area (TPSA) is 52.2 Å². The first kappa shape index (κ1) is 15.4. The van der Waals surface area contributed by atoms with Crippen molar-refractivity contribution in [1.29, 1.82) is 0 Å². The number of nitrogens with zero attached hydrogens (tertiary/aromatic N) is 4. The Bertz CT molecular complexity index is 922. The highest BCUT2D eigenvalue weighted by Gasteiger charge is 2.12. The summed E-state index contributed by atoms with van der Waals surface area (Å²) < 4.78 is 17.2. The predicted octanol–water partition coefficient (Wildman–Crippen LogP) is 2.52. The van der Waals surface area contributed by atoms with E-state index in [2.05, 4.69) is 10.1 Å². The zero-order valence-corrected chi connectivity index (χ0v) is 13.5. The molecule has 1 aromatic carbocycles. The fraction of sp³-hybridized carbons (Fsp3) is 0.188. The standard InChI is InChI=1S/C16H15FN4OS/c1-11-13(9-18-20(11)2)15(22)19-16-21(7-8-23-16)10-12-5-3-4-6-14(12)17/h3-9H,10H2,1-2H3. The first-order valence-electron chi connectivity index (χ1n) is 7.01. The number of aromatic nitrogens is 3. The van der Waals surface area contributed by atoms with Gasteiger partial charge in [-0.3, -0.25) is 9.48 Å². The summed E-state index contributed by atoms with van der Waals surface area (Å²) in [5.74, 6) is -0.619. The predicted molar refractivity (Wildman–Crippen MR) is 85.6 cm³/mol. The van der Waals surface area contributed by atoms with Crippen LogP contribution in [-0.2, 0) is 13.6 Å². The second-order valence-corrected chi connectivity index (χ2v) is 5.96. The van der Waals surface area contributed by atoms with Crippen LogP contribution in [0.25, 0.3) is 0 Å². The maximum absolute atomic E-state index is 13.8. The van der Waals surface area contributed by atoms with E-state index in [-0.39, 0.29) is 11.7 Å². The minimum atomic E-state index is -0.347. The molecule has 2 aromatic heterocycles. The van der Waals surface area contributed by atoms with Crippen LogP contribution in [0.2, 0.25) is 0 Å². The number of amides is 1. The van der Waals surface area contributed by atoms with Gasteiger partial charge in [0.15, 0.2) is 4.80 Å². The number of hydrogen-bond acceptors (Lipinski definition) is 3. The number of benzene rings is 1. The van der Waals surface area contributed by atoms with E-state index in [0.717, 1.165) is 5.69 Å². The fourth-order valence-electron chi connectivity index (χ4n) is 2.17. The van der Waals surface area contributed by atoms with Gasteiger partial charge in [-0.25, -0.2) is 4.39 Å². The molecule has 0 aliphatic rings. The molecule has 3 aromatic rings. The molecule has 3 rings (SSSR count). The zero-order valence-electron chi connectivity index (χ0n) is 12.7. The van der Waals surface area contributed by atoms with Gasteiger partial charge in [-0.05, 0) is 13.0 Å². The molecule has 7 heteroatoms. The molecule has 0 N–H and O–H groups in total. The summed E-state index contributed by atoms with van der Waals surface area (Å²) in [6, 6.07) is 6.57. The van der Waals surface area contributed by atoms with Gasteiger partial charge in [0.25, 0.3) is 5.91 Å². The Balaban J connectivity index is 1.93. The van der Waals surface area contributed by atoms with Gasteiger partial charge in [0.05, 0.1) is 18.3 Å². The molecular formula is C16H15FN4OS. The van der Waals surface area contributed by atoms with Gasteiger partial charge in [-0.2, -0.15) is 10.1 Å². The molecule has 5 nitrogen and oxygen atoms in total. The Morgan fingerprint density at radius 3 is 2.87 bits per heavy atom. The van der Waals surface area contributed by atoms with E-state index in [1.807, 2.05) is 12.3 Å². The lowest BCUT2D eigenvalue weighted by Crippen LogP contribution is -2.17. The van der Waals surface area contributed by atoms with E-state index >= 15 is 0 Å². The van der Waals surface area contributed by atoms with Crippen LogP contribution in [0.4, 0.5) is 4.39 Å². The highest BCUT2D eigenvalue weighted by atomic mass is 32.1. The number of carbonyl (C=O) groups excluding carboxylic acids is 1. The van der Waals surface area contributed by atoms with Gasteiger partial charge in [-0.15, -0.1) is 11.3 Å². The molecule has 0 radical (unpaired) electrons. The Hall–Kier alpha value is -2.54. The summed E-state index contributed by atoms with van der Waals surface area (Å²) in [5, 5.41) is 5.87. The smallest absolute Gasteiger partial charge is 0.283 e. The minimum Gasteiger partial charge on any atom is -0.319 e. The molecule has 23 heavy (non-hydrogen) atoms. The summed E-state index contributed by atoms with van der Waals surface area (Å²) in [4.78, 5) is 17.0. The Morgan fingerprint density at radius 1 is 1.39 bits per heavy atom. The van der Waals surface area contributed by atoms with E-state index in [0.29, 0.717) is 22.5 Å². The molecule has 0 aliphatic heterocycles. The van der Waals surface area contributed by atoms with Gasteiger partial charge in [0, 0.05) is 29.9 Å². The molecule has 0 saturated carbocycles. The second-order valence-electron chi connectivity index (χ2n) is 5.09. The van der Waals surface area contributed by atoms with E-state index < -0.39 is 0 Å². The van der Waals surface area contributed by atoms with E-state index in [1.165, 1.54) is 23.6 Å². The number of thiazole rings is 1. The summed E-state index contributed by atoms with van der Waals surface area (Å²) in [7, 11) is 1.77. The Kier molecular flexibility index (Phi) is 4.20. The molecule has 0 spiro atoms. The lowest BCUT2D eigenvalue weighted by molar-refractivity contribution is 0.0997. The molecule has 0 atom stereocenters. The molecule has 0 saturated heterocycles. The van der Waals surface area contributed by atoms with E-state index in [4.69, 9.17) is 0 Å². The van der Waals surface area contributed by atoms with Gasteiger partial charge in [-0.1, -0.05) is 18.2 Å². The van der Waals surface area contributed by atoms with Crippen molar-refractivity contribution in [2.24, 2.45) is 12.0 Å². The summed E-state index contributed by atoms with van der Waals surface area (Å²) in [6.45, 7) is 2.14. The van der Waals surface area contributed by atoms with Crippen molar-refractivity contribution in [3.8, 4) is 0 Å². The first-order valence-corrected chi connectivity index (χ1v) is 7.89. The van der Waals surface area contributed by atoms with Crippen LogP contribution in [-0.4, -0.2) is 20.3 Å². The van der Waals surface area contributed by atoms with Crippen LogP contribution >= 0.6 is 11.3 Å². The summed E-state index contributed by atoms with van der Waals surface area (Å²) in [5.41, 5.74) is 1.78. The fourth-order valence-corrected chi connectivity index (χ4v) is 2.90. The van der Waals surface area contributed by atoms with Gasteiger partial charge >= 0.3 is 0 Å². The molecule has 0 aliphatic carbocycles. The third-order valence-corrected chi connectivity index (χ3v) is 4.42. The Morgan fingerprint density at radius 2 is 2.17 bits per heavy atom. The van der Waals surface area contributed by atoms with Crippen LogP contribution in [0.1, 0.15) is 21.6 Å². The number of halogens is 1. The van der Waals surface area contributed by atoms with Crippen LogP contribution in [0.5, 0.6) is 0 Å². The Labute approximate surface area is 136 Å². The molecule has 0 unspecified atom stereocenters. The SMILES string of the molecule is Cc1c(C(=O)N=c2sccn2Cc2ccccc2F)cnn1C. The van der Waals surface area contributed by atoms with Crippen LogP contribution in [0, 0.1) is 12.7 Å². The maximum Gasteiger partial charge on any atom is 0.283 e. The van der Waals surface area contributed by atoms with Crippen molar-refractivity contribution in [1.82, 2.24) is 14.3 Å². The van der Waals surface area contributed by atoms with E-state index in [1.54, 1.807) is 40.7 Å². The summed E-state index contributed by atoms with van der Waals surface area (Å²) in [6.07, 6.45) is 3.30. The lowest BCUT2D eigenvalue weighted by Gasteiger charge is -2.04. The largest absolute Gasteiger partial charge is 0.319 e. The van der Waals surface area contributed by atoms with Crippen LogP contribution in [0.15, 0.2) is 47.0 Å². The molecule has 1 amide bonds. The average Bonchev–Trinajstić information content (AvgIpc) is 3.09. The second kappa shape index (κ2) is 6.29. The number of rotatable bonds is 3. The van der Waals surface area contributed by atoms with Crippen molar-refractivity contribution in [2.75, 3.05) is 0 Å². The molecule has 118 valence electrons. The highest BCUT2D eigenvalue weighted by Crippen LogP contribution is 2.09. The average molecular weight is 330 g/mol. The third kappa shape index (κ3) is 3.14. The maximum atomic E-state index is 13.8. The quantitative estimate of drug-likeness (QED) is 0.741. The molecule has 0 fully saturated rings. The van der Waals surface area contributed by atoms with Gasteiger partial charge < -0.3 is 4.57 Å². The van der Waals surface area contributed by atoms with Crippen LogP contribution < -0.4 is 4.80 Å².